The number of halogens is 1. The van der Waals surface area contributed by atoms with E-state index in [4.69, 9.17) is 17.3 Å². The molecule has 21 heavy (non-hydrogen) atoms. The average molecular weight is 349 g/mol. The van der Waals surface area contributed by atoms with Gasteiger partial charge in [-0.3, -0.25) is 0 Å². The van der Waals surface area contributed by atoms with Gasteiger partial charge in [-0.05, 0) is 31.0 Å². The Kier molecular flexibility index (Phi) is 4.83. The van der Waals surface area contributed by atoms with E-state index in [0.717, 1.165) is 12.2 Å². The summed E-state index contributed by atoms with van der Waals surface area (Å²) >= 11 is 7.83. The molecule has 0 radical (unpaired) electrons. The number of anilines is 1. The van der Waals surface area contributed by atoms with Crippen LogP contribution in [0.2, 0.25) is 5.02 Å². The smallest absolute Gasteiger partial charge is 0.243 e. The van der Waals surface area contributed by atoms with Crippen molar-refractivity contribution in [3.05, 3.63) is 22.7 Å². The number of sulfonamides is 1. The van der Waals surface area contributed by atoms with E-state index in [1.165, 1.54) is 6.07 Å². The number of thioether (sulfide) groups is 1. The van der Waals surface area contributed by atoms with Gasteiger partial charge >= 0.3 is 0 Å². The van der Waals surface area contributed by atoms with Gasteiger partial charge in [-0.2, -0.15) is 16.1 Å². The molecule has 1 saturated heterocycles. The molecule has 1 fully saturated rings. The molecule has 0 spiro atoms. The van der Waals surface area contributed by atoms with Crippen molar-refractivity contribution in [1.29, 1.82) is 0 Å². The summed E-state index contributed by atoms with van der Waals surface area (Å²) in [7, 11) is -3.52. The molecule has 7 heteroatoms. The SMILES string of the molecule is Cc1cc(S(=O)(=O)N2CCSC(C)(C)CC2)cc(N)c1Cl. The first-order valence-electron chi connectivity index (χ1n) is 6.83. The van der Waals surface area contributed by atoms with Crippen molar-refractivity contribution < 1.29 is 8.42 Å². The van der Waals surface area contributed by atoms with Crippen LogP contribution in [-0.4, -0.2) is 36.3 Å². The van der Waals surface area contributed by atoms with Crippen molar-refractivity contribution in [1.82, 2.24) is 4.31 Å². The van der Waals surface area contributed by atoms with Gasteiger partial charge in [-0.1, -0.05) is 25.4 Å². The molecule has 0 unspecified atom stereocenters. The van der Waals surface area contributed by atoms with Crippen molar-refractivity contribution in [3.63, 3.8) is 0 Å². The van der Waals surface area contributed by atoms with Crippen LogP contribution < -0.4 is 5.73 Å². The second-order valence-electron chi connectivity index (χ2n) is 5.91. The molecule has 1 aromatic carbocycles. The lowest BCUT2D eigenvalue weighted by atomic mass is 10.1. The lowest BCUT2D eigenvalue weighted by molar-refractivity contribution is 0.415. The second kappa shape index (κ2) is 5.99. The molecule has 0 bridgehead atoms. The number of aryl methyl sites for hydroxylation is 1. The maximum atomic E-state index is 12.8. The summed E-state index contributed by atoms with van der Waals surface area (Å²) in [5, 5.41) is 0.418. The first-order chi connectivity index (χ1) is 9.63. The molecule has 0 aromatic heterocycles. The second-order valence-corrected chi connectivity index (χ2v) is 10.0. The lowest BCUT2D eigenvalue weighted by Gasteiger charge is -2.22. The van der Waals surface area contributed by atoms with Crippen LogP contribution in [0.25, 0.3) is 0 Å². The van der Waals surface area contributed by atoms with Crippen molar-refractivity contribution in [3.8, 4) is 0 Å². The Balaban J connectivity index is 2.34. The van der Waals surface area contributed by atoms with Crippen molar-refractivity contribution in [2.24, 2.45) is 0 Å². The number of hydrogen-bond donors (Lipinski definition) is 1. The van der Waals surface area contributed by atoms with Crippen LogP contribution in [0.1, 0.15) is 25.8 Å². The summed E-state index contributed by atoms with van der Waals surface area (Å²) in [6.45, 7) is 7.12. The topological polar surface area (TPSA) is 63.4 Å². The van der Waals surface area contributed by atoms with E-state index in [2.05, 4.69) is 13.8 Å². The van der Waals surface area contributed by atoms with Crippen LogP contribution in [0.15, 0.2) is 17.0 Å². The van der Waals surface area contributed by atoms with Gasteiger partial charge in [0.15, 0.2) is 0 Å². The quantitative estimate of drug-likeness (QED) is 0.834. The van der Waals surface area contributed by atoms with Crippen molar-refractivity contribution in [2.45, 2.75) is 36.8 Å². The zero-order valence-corrected chi connectivity index (χ0v) is 14.9. The Morgan fingerprint density at radius 1 is 1.33 bits per heavy atom. The third-order valence-corrected chi connectivity index (χ3v) is 7.46. The van der Waals surface area contributed by atoms with E-state index in [9.17, 15) is 8.42 Å². The van der Waals surface area contributed by atoms with Crippen LogP contribution in [0.3, 0.4) is 0 Å². The fraction of sp³-hybridized carbons (Fsp3) is 0.571. The third kappa shape index (κ3) is 3.67. The summed E-state index contributed by atoms with van der Waals surface area (Å²) in [5.74, 6) is 0.800. The van der Waals surface area contributed by atoms with Crippen molar-refractivity contribution >= 4 is 39.1 Å². The van der Waals surface area contributed by atoms with E-state index in [1.807, 2.05) is 11.8 Å². The number of nitrogen functional groups attached to an aromatic ring is 1. The molecule has 0 aliphatic carbocycles. The fourth-order valence-electron chi connectivity index (χ4n) is 2.30. The molecule has 1 aliphatic heterocycles. The highest BCUT2D eigenvalue weighted by atomic mass is 35.5. The number of nitrogens with zero attached hydrogens (tertiary/aromatic N) is 1. The molecular formula is C14H21ClN2O2S2. The number of benzene rings is 1. The van der Waals surface area contributed by atoms with Gasteiger partial charge < -0.3 is 5.73 Å². The van der Waals surface area contributed by atoms with Gasteiger partial charge in [0.2, 0.25) is 10.0 Å². The molecule has 0 amide bonds. The normalized spacial score (nSPS) is 20.2. The highest BCUT2D eigenvalue weighted by Crippen LogP contribution is 2.33. The van der Waals surface area contributed by atoms with Crippen LogP contribution in [0, 0.1) is 6.92 Å². The van der Waals surface area contributed by atoms with Crippen molar-refractivity contribution in [2.75, 3.05) is 24.6 Å². The molecule has 118 valence electrons. The Labute approximate surface area is 136 Å². The minimum Gasteiger partial charge on any atom is -0.397 e. The molecule has 1 aromatic rings. The first-order valence-corrected chi connectivity index (χ1v) is 9.63. The summed E-state index contributed by atoms with van der Waals surface area (Å²) in [4.78, 5) is 0.228. The van der Waals surface area contributed by atoms with Crippen LogP contribution in [-0.2, 0) is 10.0 Å². The molecule has 4 nitrogen and oxygen atoms in total. The molecule has 0 atom stereocenters. The van der Waals surface area contributed by atoms with Gasteiger partial charge in [0.1, 0.15) is 0 Å². The van der Waals surface area contributed by atoms with E-state index in [0.29, 0.717) is 29.4 Å². The Morgan fingerprint density at radius 2 is 2.00 bits per heavy atom. The lowest BCUT2D eigenvalue weighted by Crippen LogP contribution is -2.33. The van der Waals surface area contributed by atoms with Crippen LogP contribution in [0.5, 0.6) is 0 Å². The van der Waals surface area contributed by atoms with Gasteiger partial charge in [-0.15, -0.1) is 0 Å². The van der Waals surface area contributed by atoms with E-state index in [1.54, 1.807) is 17.3 Å². The predicted molar refractivity (Wildman–Crippen MR) is 90.5 cm³/mol. The number of nitrogens with two attached hydrogens (primary N) is 1. The number of hydrogen-bond acceptors (Lipinski definition) is 4. The van der Waals surface area contributed by atoms with Gasteiger partial charge in [0.05, 0.1) is 15.6 Å². The predicted octanol–water partition coefficient (Wildman–Crippen LogP) is 3.14. The summed E-state index contributed by atoms with van der Waals surface area (Å²) in [6, 6.07) is 3.05. The Hall–Kier alpha value is -0.430. The number of rotatable bonds is 2. The minimum absolute atomic E-state index is 0.110. The van der Waals surface area contributed by atoms with E-state index < -0.39 is 10.0 Å². The third-order valence-electron chi connectivity index (χ3n) is 3.69. The van der Waals surface area contributed by atoms with Crippen LogP contribution >= 0.6 is 23.4 Å². The Morgan fingerprint density at radius 3 is 2.62 bits per heavy atom. The molecule has 1 heterocycles. The Bertz CT molecular complexity index is 621. The molecule has 2 N–H and O–H groups in total. The van der Waals surface area contributed by atoms with E-state index in [-0.39, 0.29) is 9.64 Å². The monoisotopic (exact) mass is 348 g/mol. The van der Waals surface area contributed by atoms with Gasteiger partial charge in [0.25, 0.3) is 0 Å². The molecule has 1 aliphatic rings. The largest absolute Gasteiger partial charge is 0.397 e. The van der Waals surface area contributed by atoms with E-state index >= 15 is 0 Å². The molecule has 0 saturated carbocycles. The van der Waals surface area contributed by atoms with Crippen LogP contribution in [0.4, 0.5) is 5.69 Å². The molecule has 2 rings (SSSR count). The minimum atomic E-state index is -3.52. The fourth-order valence-corrected chi connectivity index (χ4v) is 5.19. The maximum absolute atomic E-state index is 12.8. The van der Waals surface area contributed by atoms with Gasteiger partial charge in [-0.25, -0.2) is 8.42 Å². The highest BCUT2D eigenvalue weighted by Gasteiger charge is 2.31. The average Bonchev–Trinajstić information content (AvgIpc) is 2.56. The summed E-state index contributed by atoms with van der Waals surface area (Å²) < 4.78 is 27.2. The summed E-state index contributed by atoms with van der Waals surface area (Å²) in [6.07, 6.45) is 0.832. The first kappa shape index (κ1) is 16.9. The molecular weight excluding hydrogens is 328 g/mol. The summed E-state index contributed by atoms with van der Waals surface area (Å²) in [5.41, 5.74) is 6.79. The zero-order valence-electron chi connectivity index (χ0n) is 12.5. The highest BCUT2D eigenvalue weighted by molar-refractivity contribution is 8.00. The maximum Gasteiger partial charge on any atom is 0.243 e. The van der Waals surface area contributed by atoms with Gasteiger partial charge in [0, 0.05) is 23.6 Å². The standard InChI is InChI=1S/C14H21ClN2O2S2/c1-10-8-11(9-12(16)13(10)15)21(18,19)17-5-4-14(2,3)20-7-6-17/h8-9H,4-7,16H2,1-3H3. The zero-order chi connectivity index (χ0) is 15.8.